The third-order valence-corrected chi connectivity index (χ3v) is 5.16. The standard InChI is InChI=1S/C19H22O5/c1-8(2)18(21)23-14-6-9(3)12-7-13(20)10(4)15(12)17-16(14)11(5)19(22)24-17/h8,14,16-17H,5-7H2,1-4H3/t14-,16?,17-/m1/s1. The highest BCUT2D eigenvalue weighted by atomic mass is 16.6. The molecule has 5 nitrogen and oxygen atoms in total. The number of fused-ring (bicyclic) bond motifs is 3. The minimum atomic E-state index is -0.589. The number of hydrogen-bond acceptors (Lipinski definition) is 5. The number of rotatable bonds is 2. The Labute approximate surface area is 141 Å². The first kappa shape index (κ1) is 16.7. The SMILES string of the molecule is C=C1C(=O)O[C@@H]2C3=C(C)C(=O)CC3=C(C)C[C@@H](OC(=O)C(C)C)C12. The van der Waals surface area contributed by atoms with E-state index in [-0.39, 0.29) is 17.7 Å². The third-order valence-electron chi connectivity index (χ3n) is 5.16. The third kappa shape index (κ3) is 2.43. The summed E-state index contributed by atoms with van der Waals surface area (Å²) in [4.78, 5) is 36.4. The van der Waals surface area contributed by atoms with Gasteiger partial charge in [0, 0.05) is 24.0 Å². The lowest BCUT2D eigenvalue weighted by Crippen LogP contribution is -2.34. The van der Waals surface area contributed by atoms with Crippen molar-refractivity contribution in [1.29, 1.82) is 0 Å². The molecular weight excluding hydrogens is 308 g/mol. The van der Waals surface area contributed by atoms with Gasteiger partial charge in [-0.2, -0.15) is 0 Å². The molecule has 1 heterocycles. The summed E-state index contributed by atoms with van der Waals surface area (Å²) in [5.74, 6) is -1.42. The molecule has 0 aromatic rings. The van der Waals surface area contributed by atoms with Crippen LogP contribution in [0.15, 0.2) is 34.4 Å². The van der Waals surface area contributed by atoms with Gasteiger partial charge in [0.05, 0.1) is 11.8 Å². The summed E-state index contributed by atoms with van der Waals surface area (Å²) in [6, 6.07) is 0. The summed E-state index contributed by atoms with van der Waals surface area (Å²) >= 11 is 0. The fourth-order valence-corrected chi connectivity index (χ4v) is 3.72. The fraction of sp³-hybridized carbons (Fsp3) is 0.526. The molecule has 1 saturated heterocycles. The number of ketones is 1. The van der Waals surface area contributed by atoms with Crippen LogP contribution in [0.1, 0.15) is 40.5 Å². The Hall–Kier alpha value is -2.17. The Bertz CT molecular complexity index is 722. The van der Waals surface area contributed by atoms with E-state index in [1.54, 1.807) is 20.8 Å². The first-order valence-electron chi connectivity index (χ1n) is 8.25. The number of ether oxygens (including phenoxy) is 2. The molecule has 0 aromatic heterocycles. The van der Waals surface area contributed by atoms with E-state index in [9.17, 15) is 14.4 Å². The van der Waals surface area contributed by atoms with Gasteiger partial charge in [-0.15, -0.1) is 0 Å². The van der Waals surface area contributed by atoms with Crippen molar-refractivity contribution >= 4 is 17.7 Å². The van der Waals surface area contributed by atoms with E-state index < -0.39 is 24.1 Å². The van der Waals surface area contributed by atoms with Gasteiger partial charge in [-0.25, -0.2) is 4.79 Å². The van der Waals surface area contributed by atoms with Gasteiger partial charge in [-0.3, -0.25) is 9.59 Å². The number of hydrogen-bond donors (Lipinski definition) is 0. The number of Topliss-reactive ketones (excluding diaryl/α,β-unsaturated/α-hetero) is 1. The molecule has 3 aliphatic rings. The molecule has 0 aromatic carbocycles. The average molecular weight is 330 g/mol. The van der Waals surface area contributed by atoms with Gasteiger partial charge >= 0.3 is 11.9 Å². The second-order valence-corrected chi connectivity index (χ2v) is 7.11. The highest BCUT2D eigenvalue weighted by molar-refractivity contribution is 6.03. The van der Waals surface area contributed by atoms with Crippen LogP contribution in [0.25, 0.3) is 0 Å². The molecule has 24 heavy (non-hydrogen) atoms. The number of allylic oxidation sites excluding steroid dienone is 1. The molecule has 0 saturated carbocycles. The van der Waals surface area contributed by atoms with E-state index in [4.69, 9.17) is 9.47 Å². The number of carbonyl (C=O) groups excluding carboxylic acids is 3. The van der Waals surface area contributed by atoms with Crippen LogP contribution in [0.3, 0.4) is 0 Å². The molecule has 2 aliphatic carbocycles. The van der Waals surface area contributed by atoms with Gasteiger partial charge < -0.3 is 9.47 Å². The molecule has 0 amide bonds. The monoisotopic (exact) mass is 330 g/mol. The molecule has 5 heteroatoms. The number of carbonyl (C=O) groups is 3. The molecule has 1 aliphatic heterocycles. The Morgan fingerprint density at radius 3 is 2.58 bits per heavy atom. The summed E-state index contributed by atoms with van der Waals surface area (Å²) < 4.78 is 11.2. The van der Waals surface area contributed by atoms with Crippen molar-refractivity contribution in [2.75, 3.05) is 0 Å². The van der Waals surface area contributed by atoms with Crippen LogP contribution < -0.4 is 0 Å². The van der Waals surface area contributed by atoms with E-state index >= 15 is 0 Å². The van der Waals surface area contributed by atoms with Crippen molar-refractivity contribution < 1.29 is 23.9 Å². The van der Waals surface area contributed by atoms with Gasteiger partial charge in [0.2, 0.25) is 0 Å². The van der Waals surface area contributed by atoms with Crippen molar-refractivity contribution in [2.24, 2.45) is 11.8 Å². The maximum Gasteiger partial charge on any atom is 0.334 e. The zero-order valence-electron chi connectivity index (χ0n) is 14.5. The molecule has 0 bridgehead atoms. The molecule has 0 spiro atoms. The van der Waals surface area contributed by atoms with Crippen LogP contribution in [0, 0.1) is 11.8 Å². The maximum atomic E-state index is 12.2. The molecular formula is C19H22O5. The lowest BCUT2D eigenvalue weighted by molar-refractivity contribution is -0.155. The Morgan fingerprint density at radius 2 is 1.96 bits per heavy atom. The van der Waals surface area contributed by atoms with E-state index in [2.05, 4.69) is 6.58 Å². The highest BCUT2D eigenvalue weighted by Crippen LogP contribution is 2.47. The van der Waals surface area contributed by atoms with Crippen LogP contribution in [-0.4, -0.2) is 29.9 Å². The Morgan fingerprint density at radius 1 is 1.29 bits per heavy atom. The van der Waals surface area contributed by atoms with Crippen LogP contribution >= 0.6 is 0 Å². The minimum Gasteiger partial charge on any atom is -0.461 e. The van der Waals surface area contributed by atoms with Crippen molar-refractivity contribution in [2.45, 2.75) is 52.7 Å². The van der Waals surface area contributed by atoms with Gasteiger partial charge in [0.1, 0.15) is 12.2 Å². The molecule has 3 rings (SSSR count). The molecule has 0 radical (unpaired) electrons. The zero-order valence-corrected chi connectivity index (χ0v) is 14.5. The summed E-state index contributed by atoms with van der Waals surface area (Å²) in [5.41, 5.74) is 3.68. The van der Waals surface area contributed by atoms with Crippen molar-refractivity contribution in [3.05, 3.63) is 34.4 Å². The quantitative estimate of drug-likeness (QED) is 0.575. The summed E-state index contributed by atoms with van der Waals surface area (Å²) in [6.45, 7) is 11.1. The maximum absolute atomic E-state index is 12.2. The summed E-state index contributed by atoms with van der Waals surface area (Å²) in [5, 5.41) is 0. The Balaban J connectivity index is 2.07. The van der Waals surface area contributed by atoms with Crippen LogP contribution in [0.5, 0.6) is 0 Å². The van der Waals surface area contributed by atoms with Crippen molar-refractivity contribution in [1.82, 2.24) is 0 Å². The van der Waals surface area contributed by atoms with Gasteiger partial charge in [0.15, 0.2) is 5.78 Å². The van der Waals surface area contributed by atoms with Gasteiger partial charge in [0.25, 0.3) is 0 Å². The van der Waals surface area contributed by atoms with E-state index in [1.165, 1.54) is 0 Å². The van der Waals surface area contributed by atoms with Crippen LogP contribution in [-0.2, 0) is 23.9 Å². The smallest absolute Gasteiger partial charge is 0.334 e. The predicted octanol–water partition coefficient (Wildman–Crippen LogP) is 2.66. The molecule has 1 fully saturated rings. The highest BCUT2D eigenvalue weighted by Gasteiger charge is 2.51. The zero-order chi connectivity index (χ0) is 17.8. The summed E-state index contributed by atoms with van der Waals surface area (Å²) in [7, 11) is 0. The molecule has 3 atom stereocenters. The molecule has 128 valence electrons. The van der Waals surface area contributed by atoms with E-state index in [0.717, 1.165) is 16.7 Å². The topological polar surface area (TPSA) is 69.7 Å². The lowest BCUT2D eigenvalue weighted by atomic mass is 9.86. The first-order chi connectivity index (χ1) is 11.2. The fourth-order valence-electron chi connectivity index (χ4n) is 3.72. The second-order valence-electron chi connectivity index (χ2n) is 7.11. The number of esters is 2. The molecule has 1 unspecified atom stereocenters. The minimum absolute atomic E-state index is 0.0595. The van der Waals surface area contributed by atoms with Crippen LogP contribution in [0.4, 0.5) is 0 Å². The summed E-state index contributed by atoms with van der Waals surface area (Å²) in [6.07, 6.45) is -0.286. The molecule has 0 N–H and O–H groups in total. The lowest BCUT2D eigenvalue weighted by Gasteiger charge is -2.26. The second kappa shape index (κ2) is 5.72. The predicted molar refractivity (Wildman–Crippen MR) is 86.9 cm³/mol. The van der Waals surface area contributed by atoms with Gasteiger partial charge in [-0.05, 0) is 25.0 Å². The van der Waals surface area contributed by atoms with E-state index in [1.807, 2.05) is 6.92 Å². The first-order valence-corrected chi connectivity index (χ1v) is 8.25. The van der Waals surface area contributed by atoms with E-state index in [0.29, 0.717) is 24.0 Å². The van der Waals surface area contributed by atoms with Crippen molar-refractivity contribution in [3.63, 3.8) is 0 Å². The van der Waals surface area contributed by atoms with Crippen molar-refractivity contribution in [3.8, 4) is 0 Å². The van der Waals surface area contributed by atoms with Gasteiger partial charge in [-0.1, -0.05) is 26.0 Å². The normalized spacial score (nSPS) is 29.7. The largest absolute Gasteiger partial charge is 0.461 e. The van der Waals surface area contributed by atoms with Crippen LogP contribution in [0.2, 0.25) is 0 Å². The average Bonchev–Trinajstić information content (AvgIpc) is 2.92. The Kier molecular flexibility index (Phi) is 3.98.